The van der Waals surface area contributed by atoms with Gasteiger partial charge in [0.15, 0.2) is 0 Å². The zero-order valence-corrected chi connectivity index (χ0v) is 14.1. The summed E-state index contributed by atoms with van der Waals surface area (Å²) in [5, 5.41) is 3.51. The highest BCUT2D eigenvalue weighted by atomic mass is 16.5. The number of nitrogens with one attached hydrogen (secondary N) is 1. The first-order valence-electron chi connectivity index (χ1n) is 8.28. The van der Waals surface area contributed by atoms with Crippen LogP contribution in [0.3, 0.4) is 0 Å². The van der Waals surface area contributed by atoms with Gasteiger partial charge in [0, 0.05) is 6.54 Å². The molecule has 0 spiro atoms. The minimum atomic E-state index is 0.697. The van der Waals surface area contributed by atoms with Gasteiger partial charge in [-0.05, 0) is 43.0 Å². The maximum atomic E-state index is 5.69. The number of benzene rings is 1. The van der Waals surface area contributed by atoms with E-state index in [2.05, 4.69) is 63.4 Å². The average molecular weight is 289 g/mol. The second-order valence-corrected chi connectivity index (χ2v) is 5.95. The maximum Gasteiger partial charge on any atom is 0.119 e. The average Bonchev–Trinajstić information content (AvgIpc) is 2.48. The van der Waals surface area contributed by atoms with Gasteiger partial charge in [0.05, 0.1) is 6.61 Å². The molecule has 0 aromatic heterocycles. The van der Waals surface area contributed by atoms with Crippen LogP contribution >= 0.6 is 0 Å². The van der Waals surface area contributed by atoms with Crippen LogP contribution in [-0.4, -0.2) is 19.7 Å². The quantitative estimate of drug-likeness (QED) is 0.618. The molecule has 0 saturated carbocycles. The summed E-state index contributed by atoms with van der Waals surface area (Å²) in [6.45, 7) is 11.7. The number of ether oxygens (including phenoxy) is 1. The van der Waals surface area contributed by atoms with E-state index in [1.54, 1.807) is 0 Å². The zero-order valence-electron chi connectivity index (χ0n) is 14.1. The van der Waals surface area contributed by atoms with Crippen molar-refractivity contribution in [1.82, 2.24) is 5.32 Å². The predicted octanol–water partition coefficient (Wildman–Crippen LogP) is 4.90. The van der Waals surface area contributed by atoms with Crippen LogP contribution in [-0.2, 0) is 0 Å². The fourth-order valence-electron chi connectivity index (χ4n) is 2.03. The van der Waals surface area contributed by atoms with Crippen LogP contribution in [0.25, 0.3) is 6.08 Å². The fourth-order valence-corrected chi connectivity index (χ4v) is 2.03. The second kappa shape index (κ2) is 10.4. The van der Waals surface area contributed by atoms with Crippen LogP contribution < -0.4 is 10.1 Å². The summed E-state index contributed by atoms with van der Waals surface area (Å²) in [6, 6.07) is 8.41. The van der Waals surface area contributed by atoms with Crippen molar-refractivity contribution < 1.29 is 4.74 Å². The lowest BCUT2D eigenvalue weighted by molar-refractivity contribution is 0.309. The van der Waals surface area contributed by atoms with E-state index in [0.717, 1.165) is 38.3 Å². The van der Waals surface area contributed by atoms with Crippen LogP contribution in [0.1, 0.15) is 52.5 Å². The molecule has 0 heterocycles. The van der Waals surface area contributed by atoms with Crippen LogP contribution in [0.5, 0.6) is 5.75 Å². The Morgan fingerprint density at radius 2 is 1.90 bits per heavy atom. The Hall–Kier alpha value is -1.28. The molecule has 1 aromatic carbocycles. The van der Waals surface area contributed by atoms with E-state index in [0.29, 0.717) is 5.92 Å². The molecule has 1 aromatic rings. The molecule has 0 fully saturated rings. The van der Waals surface area contributed by atoms with Crippen molar-refractivity contribution in [2.24, 2.45) is 5.92 Å². The molecule has 1 rings (SSSR count). The zero-order chi connectivity index (χ0) is 15.5. The van der Waals surface area contributed by atoms with Gasteiger partial charge in [-0.15, -0.1) is 0 Å². The van der Waals surface area contributed by atoms with Gasteiger partial charge >= 0.3 is 0 Å². The van der Waals surface area contributed by atoms with Crippen molar-refractivity contribution in [3.05, 3.63) is 35.4 Å². The summed E-state index contributed by atoms with van der Waals surface area (Å²) in [5.41, 5.74) is 2.69. The van der Waals surface area contributed by atoms with E-state index >= 15 is 0 Å². The normalized spacial score (nSPS) is 12.0. The van der Waals surface area contributed by atoms with Gasteiger partial charge in [0.1, 0.15) is 5.75 Å². The topological polar surface area (TPSA) is 21.3 Å². The molecule has 1 N–H and O–H groups in total. The predicted molar refractivity (Wildman–Crippen MR) is 92.8 cm³/mol. The Balaban J connectivity index is 2.52. The number of hydrogen-bond donors (Lipinski definition) is 1. The Kier molecular flexibility index (Phi) is 8.84. The van der Waals surface area contributed by atoms with Gasteiger partial charge < -0.3 is 10.1 Å². The molecule has 0 aliphatic heterocycles. The SMILES string of the molecule is CCCCOc1ccc(C=C(CC)CNCC(C)C)cc1. The third kappa shape index (κ3) is 7.91. The highest BCUT2D eigenvalue weighted by Crippen LogP contribution is 2.16. The minimum Gasteiger partial charge on any atom is -0.494 e. The van der Waals surface area contributed by atoms with Crippen LogP contribution in [0.4, 0.5) is 0 Å². The molecule has 2 nitrogen and oxygen atoms in total. The van der Waals surface area contributed by atoms with E-state index in [4.69, 9.17) is 4.74 Å². The molecule has 118 valence electrons. The van der Waals surface area contributed by atoms with Gasteiger partial charge in [0.25, 0.3) is 0 Å². The molecule has 0 aliphatic rings. The van der Waals surface area contributed by atoms with Crippen molar-refractivity contribution in [3.63, 3.8) is 0 Å². The summed E-state index contributed by atoms with van der Waals surface area (Å²) in [7, 11) is 0. The molecular formula is C19H31NO. The summed E-state index contributed by atoms with van der Waals surface area (Å²) in [4.78, 5) is 0. The lowest BCUT2D eigenvalue weighted by Crippen LogP contribution is -2.21. The molecule has 0 amide bonds. The highest BCUT2D eigenvalue weighted by Gasteiger charge is 1.99. The van der Waals surface area contributed by atoms with Crippen LogP contribution in [0.2, 0.25) is 0 Å². The smallest absolute Gasteiger partial charge is 0.119 e. The lowest BCUT2D eigenvalue weighted by atomic mass is 10.1. The van der Waals surface area contributed by atoms with E-state index in [1.807, 2.05) is 0 Å². The van der Waals surface area contributed by atoms with Crippen molar-refractivity contribution >= 4 is 6.08 Å². The Morgan fingerprint density at radius 3 is 2.48 bits per heavy atom. The monoisotopic (exact) mass is 289 g/mol. The fraction of sp³-hybridized carbons (Fsp3) is 0.579. The van der Waals surface area contributed by atoms with Crippen LogP contribution in [0.15, 0.2) is 29.8 Å². The summed E-state index contributed by atoms with van der Waals surface area (Å²) < 4.78 is 5.69. The van der Waals surface area contributed by atoms with Crippen molar-refractivity contribution in [2.75, 3.05) is 19.7 Å². The van der Waals surface area contributed by atoms with Crippen molar-refractivity contribution in [3.8, 4) is 5.75 Å². The third-order valence-electron chi connectivity index (χ3n) is 3.38. The molecular weight excluding hydrogens is 258 g/mol. The molecule has 21 heavy (non-hydrogen) atoms. The second-order valence-electron chi connectivity index (χ2n) is 5.95. The van der Waals surface area contributed by atoms with E-state index in [-0.39, 0.29) is 0 Å². The largest absolute Gasteiger partial charge is 0.494 e. The Labute approximate surface area is 130 Å². The highest BCUT2D eigenvalue weighted by molar-refractivity contribution is 5.54. The first-order chi connectivity index (χ1) is 10.2. The molecule has 0 radical (unpaired) electrons. The lowest BCUT2D eigenvalue weighted by Gasteiger charge is -2.10. The van der Waals surface area contributed by atoms with Crippen LogP contribution in [0, 0.1) is 5.92 Å². The van der Waals surface area contributed by atoms with E-state index in [9.17, 15) is 0 Å². The molecule has 0 atom stereocenters. The first kappa shape index (κ1) is 17.8. The van der Waals surface area contributed by atoms with Crippen molar-refractivity contribution in [2.45, 2.75) is 47.0 Å². The first-order valence-corrected chi connectivity index (χ1v) is 8.28. The summed E-state index contributed by atoms with van der Waals surface area (Å²) in [6.07, 6.45) is 5.65. The van der Waals surface area contributed by atoms with Crippen molar-refractivity contribution in [1.29, 1.82) is 0 Å². The Bertz CT molecular complexity index is 406. The molecule has 0 bridgehead atoms. The minimum absolute atomic E-state index is 0.697. The Morgan fingerprint density at radius 1 is 1.19 bits per heavy atom. The van der Waals surface area contributed by atoms with E-state index in [1.165, 1.54) is 17.6 Å². The van der Waals surface area contributed by atoms with Gasteiger partial charge in [-0.2, -0.15) is 0 Å². The van der Waals surface area contributed by atoms with Gasteiger partial charge in [0.2, 0.25) is 0 Å². The third-order valence-corrected chi connectivity index (χ3v) is 3.38. The van der Waals surface area contributed by atoms with E-state index < -0.39 is 0 Å². The molecule has 2 heteroatoms. The number of rotatable bonds is 10. The molecule has 0 saturated heterocycles. The maximum absolute atomic E-state index is 5.69. The molecule has 0 unspecified atom stereocenters. The van der Waals surface area contributed by atoms with Gasteiger partial charge in [-0.1, -0.05) is 57.9 Å². The van der Waals surface area contributed by atoms with Gasteiger partial charge in [-0.25, -0.2) is 0 Å². The van der Waals surface area contributed by atoms with Gasteiger partial charge in [-0.3, -0.25) is 0 Å². The summed E-state index contributed by atoms with van der Waals surface area (Å²) >= 11 is 0. The number of unbranched alkanes of at least 4 members (excludes halogenated alkanes) is 1. The molecule has 0 aliphatic carbocycles. The standard InChI is InChI=1S/C19H31NO/c1-5-7-12-21-19-10-8-18(9-11-19)13-17(6-2)15-20-14-16(3)4/h8-11,13,16,20H,5-7,12,14-15H2,1-4H3. The summed E-state index contributed by atoms with van der Waals surface area (Å²) in [5.74, 6) is 1.67. The number of hydrogen-bond acceptors (Lipinski definition) is 2.